The molecule has 0 unspecified atom stereocenters. The Morgan fingerprint density at radius 2 is 2.29 bits per heavy atom. The number of rotatable bonds is 4. The van der Waals surface area contributed by atoms with E-state index in [0.29, 0.717) is 18.9 Å². The molecule has 21 heavy (non-hydrogen) atoms. The summed E-state index contributed by atoms with van der Waals surface area (Å²) in [5, 5.41) is 6.64. The Bertz CT molecular complexity index is 528. The number of nitrogens with one attached hydrogen (secondary N) is 1. The van der Waals surface area contributed by atoms with Crippen LogP contribution in [-0.4, -0.2) is 47.2 Å². The van der Waals surface area contributed by atoms with Crippen molar-refractivity contribution in [1.29, 1.82) is 0 Å². The van der Waals surface area contributed by atoms with Gasteiger partial charge in [0.05, 0.1) is 25.4 Å². The number of carbonyl (C=O) groups is 2. The Labute approximate surface area is 123 Å². The van der Waals surface area contributed by atoms with Gasteiger partial charge in [-0.25, -0.2) is 0 Å². The van der Waals surface area contributed by atoms with Gasteiger partial charge in [0.25, 0.3) is 5.91 Å². The molecule has 2 heterocycles. The maximum Gasteiger partial charge on any atom is 0.254 e. The highest BCUT2D eigenvalue weighted by molar-refractivity contribution is 5.86. The van der Waals surface area contributed by atoms with Crippen molar-refractivity contribution in [3.05, 3.63) is 17.5 Å². The Hall–Kier alpha value is -1.89. The lowest BCUT2D eigenvalue weighted by Gasteiger charge is -2.38. The molecule has 116 valence electrons. The van der Waals surface area contributed by atoms with E-state index in [1.54, 1.807) is 11.8 Å². The number of morpholine rings is 1. The van der Waals surface area contributed by atoms with Crippen LogP contribution in [0.5, 0.6) is 0 Å². The molecular weight excluding hydrogens is 274 g/mol. The molecule has 1 aliphatic rings. The maximum atomic E-state index is 12.3. The second-order valence-corrected chi connectivity index (χ2v) is 5.34. The lowest BCUT2D eigenvalue weighted by Crippen LogP contribution is -2.58. The normalized spacial score (nSPS) is 22.1. The zero-order valence-electron chi connectivity index (χ0n) is 12.6. The minimum Gasteiger partial charge on any atom is -0.362 e. The van der Waals surface area contributed by atoms with Gasteiger partial charge < -0.3 is 19.5 Å². The summed E-state index contributed by atoms with van der Waals surface area (Å²) in [5.74, 6) is 0.283. The van der Waals surface area contributed by atoms with Gasteiger partial charge in [-0.3, -0.25) is 9.59 Å². The fraction of sp³-hybridized carbons (Fsp3) is 0.643. The molecule has 1 atom stereocenters. The number of nitrogens with zero attached hydrogens (tertiary/aromatic N) is 2. The van der Waals surface area contributed by atoms with Crippen LogP contribution in [-0.2, 0) is 27.3 Å². The van der Waals surface area contributed by atoms with Crippen LogP contribution < -0.4 is 5.32 Å². The number of carbonyl (C=O) groups excluding carboxylic acids is 2. The van der Waals surface area contributed by atoms with E-state index in [4.69, 9.17) is 9.26 Å². The molecule has 7 nitrogen and oxygen atoms in total. The van der Waals surface area contributed by atoms with Gasteiger partial charge in [-0.2, -0.15) is 0 Å². The molecule has 1 saturated heterocycles. The summed E-state index contributed by atoms with van der Waals surface area (Å²) in [6, 6.07) is 1.81. The summed E-state index contributed by atoms with van der Waals surface area (Å²) in [7, 11) is 0. The fourth-order valence-electron chi connectivity index (χ4n) is 2.24. The first-order valence-corrected chi connectivity index (χ1v) is 7.07. The van der Waals surface area contributed by atoms with Crippen molar-refractivity contribution < 1.29 is 18.8 Å². The Balaban J connectivity index is 1.93. The third kappa shape index (κ3) is 3.60. The summed E-state index contributed by atoms with van der Waals surface area (Å²) < 4.78 is 10.7. The van der Waals surface area contributed by atoms with Gasteiger partial charge in [-0.05, 0) is 13.3 Å². The number of aryl methyl sites for hydroxylation is 1. The van der Waals surface area contributed by atoms with E-state index in [0.717, 1.165) is 12.1 Å². The van der Waals surface area contributed by atoms with Crippen LogP contribution in [0.4, 0.5) is 0 Å². The van der Waals surface area contributed by atoms with Crippen molar-refractivity contribution in [3.63, 3.8) is 0 Å². The molecule has 1 N–H and O–H groups in total. The molecule has 1 aliphatic heterocycles. The summed E-state index contributed by atoms with van der Waals surface area (Å²) >= 11 is 0. The first-order valence-electron chi connectivity index (χ1n) is 7.07. The van der Waals surface area contributed by atoms with E-state index in [9.17, 15) is 9.59 Å². The van der Waals surface area contributed by atoms with Gasteiger partial charge in [-0.15, -0.1) is 0 Å². The van der Waals surface area contributed by atoms with Crippen molar-refractivity contribution in [2.45, 2.75) is 39.3 Å². The van der Waals surface area contributed by atoms with Crippen LogP contribution in [0.3, 0.4) is 0 Å². The van der Waals surface area contributed by atoms with Gasteiger partial charge in [-0.1, -0.05) is 12.1 Å². The van der Waals surface area contributed by atoms with Gasteiger partial charge in [0.15, 0.2) is 11.4 Å². The predicted molar refractivity (Wildman–Crippen MR) is 74.3 cm³/mol. The molecule has 2 rings (SSSR count). The van der Waals surface area contributed by atoms with E-state index in [-0.39, 0.29) is 24.9 Å². The highest BCUT2D eigenvalue weighted by Gasteiger charge is 2.40. The smallest absolute Gasteiger partial charge is 0.254 e. The molecule has 7 heteroatoms. The number of ether oxygens (including phenoxy) is 1. The zero-order chi connectivity index (χ0) is 15.5. The third-order valence-corrected chi connectivity index (χ3v) is 3.59. The van der Waals surface area contributed by atoms with Crippen LogP contribution in [0, 0.1) is 0 Å². The zero-order valence-corrected chi connectivity index (χ0v) is 12.6. The van der Waals surface area contributed by atoms with E-state index >= 15 is 0 Å². The van der Waals surface area contributed by atoms with Crippen molar-refractivity contribution in [1.82, 2.24) is 15.4 Å². The molecule has 1 fully saturated rings. The molecular formula is C14H21N3O4. The lowest BCUT2D eigenvalue weighted by molar-refractivity contribution is -0.162. The molecule has 0 aliphatic carbocycles. The maximum absolute atomic E-state index is 12.3. The van der Waals surface area contributed by atoms with Crippen molar-refractivity contribution in [2.24, 2.45) is 0 Å². The average Bonchev–Trinajstić information content (AvgIpc) is 2.92. The predicted octanol–water partition coefficient (Wildman–Crippen LogP) is 0.491. The SMILES string of the molecule is CCc1cc(CNC(=O)[C@@]2(C)CN(C(C)=O)CCO2)on1. The third-order valence-electron chi connectivity index (χ3n) is 3.59. The quantitative estimate of drug-likeness (QED) is 0.874. The highest BCUT2D eigenvalue weighted by atomic mass is 16.5. The lowest BCUT2D eigenvalue weighted by atomic mass is 10.0. The first-order chi connectivity index (χ1) is 9.94. The van der Waals surface area contributed by atoms with E-state index in [1.807, 2.05) is 13.0 Å². The second kappa shape index (κ2) is 6.26. The van der Waals surface area contributed by atoms with Crippen molar-refractivity contribution in [3.8, 4) is 0 Å². The molecule has 0 spiro atoms. The molecule has 0 aromatic carbocycles. The van der Waals surface area contributed by atoms with Crippen LogP contribution in [0.1, 0.15) is 32.2 Å². The molecule has 2 amide bonds. The summed E-state index contributed by atoms with van der Waals surface area (Å²) in [6.45, 7) is 6.54. The molecule has 0 radical (unpaired) electrons. The fourth-order valence-corrected chi connectivity index (χ4v) is 2.24. The van der Waals surface area contributed by atoms with Crippen LogP contribution in [0.15, 0.2) is 10.6 Å². The average molecular weight is 295 g/mol. The van der Waals surface area contributed by atoms with Gasteiger partial charge in [0.1, 0.15) is 0 Å². The number of hydrogen-bond donors (Lipinski definition) is 1. The highest BCUT2D eigenvalue weighted by Crippen LogP contribution is 2.18. The minimum absolute atomic E-state index is 0.0554. The van der Waals surface area contributed by atoms with E-state index in [2.05, 4.69) is 10.5 Å². The number of hydrogen-bond acceptors (Lipinski definition) is 5. The van der Waals surface area contributed by atoms with Crippen LogP contribution in [0.2, 0.25) is 0 Å². The van der Waals surface area contributed by atoms with Crippen molar-refractivity contribution >= 4 is 11.8 Å². The molecule has 1 aromatic heterocycles. The number of aromatic nitrogens is 1. The Kier molecular flexibility index (Phi) is 4.62. The minimum atomic E-state index is -1.03. The van der Waals surface area contributed by atoms with E-state index in [1.165, 1.54) is 6.92 Å². The van der Waals surface area contributed by atoms with Crippen LogP contribution >= 0.6 is 0 Å². The van der Waals surface area contributed by atoms with Crippen molar-refractivity contribution in [2.75, 3.05) is 19.7 Å². The number of amides is 2. The standard InChI is InChI=1S/C14H21N3O4/c1-4-11-7-12(21-16-11)8-15-13(19)14(3)9-17(10(2)18)5-6-20-14/h7H,4-6,8-9H2,1-3H3,(H,15,19)/t14-/m1/s1. The Morgan fingerprint density at radius 3 is 2.90 bits per heavy atom. The van der Waals surface area contributed by atoms with Crippen LogP contribution in [0.25, 0.3) is 0 Å². The van der Waals surface area contributed by atoms with Gasteiger partial charge in [0, 0.05) is 19.5 Å². The Morgan fingerprint density at radius 1 is 1.52 bits per heavy atom. The van der Waals surface area contributed by atoms with E-state index < -0.39 is 5.60 Å². The van der Waals surface area contributed by atoms with Gasteiger partial charge in [0.2, 0.25) is 5.91 Å². The van der Waals surface area contributed by atoms with Gasteiger partial charge >= 0.3 is 0 Å². The monoisotopic (exact) mass is 295 g/mol. The topological polar surface area (TPSA) is 84.7 Å². The molecule has 1 aromatic rings. The second-order valence-electron chi connectivity index (χ2n) is 5.34. The molecule has 0 bridgehead atoms. The first kappa shape index (κ1) is 15.5. The molecule has 0 saturated carbocycles. The summed E-state index contributed by atoms with van der Waals surface area (Å²) in [6.07, 6.45) is 0.784. The summed E-state index contributed by atoms with van der Waals surface area (Å²) in [5.41, 5.74) is -0.181. The summed E-state index contributed by atoms with van der Waals surface area (Å²) in [4.78, 5) is 25.4. The largest absolute Gasteiger partial charge is 0.362 e.